The first-order valence-electron chi connectivity index (χ1n) is 9.17. The molecule has 24 heavy (non-hydrogen) atoms. The fourth-order valence-corrected chi connectivity index (χ4v) is 2.68. The molecule has 0 saturated heterocycles. The molecule has 0 spiro atoms. The zero-order chi connectivity index (χ0) is 17.6. The monoisotopic (exact) mass is 334 g/mol. The summed E-state index contributed by atoms with van der Waals surface area (Å²) in [5, 5.41) is 13.5. The lowest BCUT2D eigenvalue weighted by atomic mass is 10.1. The minimum atomic E-state index is -0.487. The van der Waals surface area contributed by atoms with Crippen molar-refractivity contribution >= 4 is 11.6 Å². The lowest BCUT2D eigenvalue weighted by molar-refractivity contribution is -0.384. The van der Waals surface area contributed by atoms with Crippen molar-refractivity contribution in [1.82, 2.24) is 5.32 Å². The second-order valence-corrected chi connectivity index (χ2v) is 6.25. The average molecular weight is 334 g/mol. The van der Waals surface area contributed by atoms with Crippen molar-refractivity contribution in [3.05, 3.63) is 39.9 Å². The summed E-state index contributed by atoms with van der Waals surface area (Å²) in [5.74, 6) is -0.241. The zero-order valence-corrected chi connectivity index (χ0v) is 14.8. The fraction of sp³-hybridized carbons (Fsp3) is 0.632. The third-order valence-corrected chi connectivity index (χ3v) is 4.14. The summed E-state index contributed by atoms with van der Waals surface area (Å²) >= 11 is 0. The highest BCUT2D eigenvalue weighted by molar-refractivity contribution is 5.94. The van der Waals surface area contributed by atoms with Gasteiger partial charge < -0.3 is 5.32 Å². The first-order chi connectivity index (χ1) is 11.6. The normalized spacial score (nSPS) is 10.5. The van der Waals surface area contributed by atoms with Gasteiger partial charge in [0.25, 0.3) is 11.6 Å². The Morgan fingerprint density at radius 3 is 2.17 bits per heavy atom. The molecule has 1 aromatic rings. The molecule has 0 fully saturated rings. The Balaban J connectivity index is 2.06. The van der Waals surface area contributed by atoms with E-state index in [4.69, 9.17) is 0 Å². The lowest BCUT2D eigenvalue weighted by Gasteiger charge is -2.05. The van der Waals surface area contributed by atoms with Gasteiger partial charge in [0.2, 0.25) is 0 Å². The van der Waals surface area contributed by atoms with Gasteiger partial charge in [0.1, 0.15) is 0 Å². The molecule has 5 heteroatoms. The minimum Gasteiger partial charge on any atom is -0.352 e. The van der Waals surface area contributed by atoms with Crippen LogP contribution in [-0.2, 0) is 0 Å². The molecule has 1 N–H and O–H groups in total. The van der Waals surface area contributed by atoms with Gasteiger partial charge in [0, 0.05) is 24.2 Å². The SMILES string of the molecule is CCCCCCCCCCCCNC(=O)c1cccc([N+](=O)[O-])c1. The Kier molecular flexibility index (Phi) is 10.5. The predicted molar refractivity (Wildman–Crippen MR) is 97.3 cm³/mol. The zero-order valence-electron chi connectivity index (χ0n) is 14.8. The molecule has 0 heterocycles. The summed E-state index contributed by atoms with van der Waals surface area (Å²) in [6.45, 7) is 2.86. The molecule has 0 aliphatic rings. The second kappa shape index (κ2) is 12.5. The van der Waals surface area contributed by atoms with Crippen molar-refractivity contribution in [1.29, 1.82) is 0 Å². The van der Waals surface area contributed by atoms with Gasteiger partial charge in [-0.1, -0.05) is 70.8 Å². The predicted octanol–water partition coefficient (Wildman–Crippen LogP) is 5.25. The Labute approximate surface area is 145 Å². The number of nitro groups is 1. The van der Waals surface area contributed by atoms with Crippen molar-refractivity contribution in [2.45, 2.75) is 71.1 Å². The third-order valence-electron chi connectivity index (χ3n) is 4.14. The van der Waals surface area contributed by atoms with Crippen LogP contribution in [0.4, 0.5) is 5.69 Å². The molecule has 1 aromatic carbocycles. The maximum Gasteiger partial charge on any atom is 0.270 e. The van der Waals surface area contributed by atoms with Crippen LogP contribution in [0.5, 0.6) is 0 Å². The van der Waals surface area contributed by atoms with Crippen LogP contribution in [0.1, 0.15) is 81.5 Å². The summed E-state index contributed by atoms with van der Waals surface area (Å²) in [6, 6.07) is 5.83. The second-order valence-electron chi connectivity index (χ2n) is 6.25. The number of amides is 1. The van der Waals surface area contributed by atoms with Crippen molar-refractivity contribution in [2.75, 3.05) is 6.54 Å². The highest BCUT2D eigenvalue weighted by Gasteiger charge is 2.10. The van der Waals surface area contributed by atoms with Gasteiger partial charge in [-0.25, -0.2) is 0 Å². The van der Waals surface area contributed by atoms with Crippen molar-refractivity contribution in [3.8, 4) is 0 Å². The molecule has 1 amide bonds. The molecule has 0 aliphatic carbocycles. The van der Waals surface area contributed by atoms with Gasteiger partial charge in [-0.15, -0.1) is 0 Å². The Hall–Kier alpha value is -1.91. The van der Waals surface area contributed by atoms with E-state index < -0.39 is 4.92 Å². The summed E-state index contributed by atoms with van der Waals surface area (Å²) in [7, 11) is 0. The molecule has 0 unspecified atom stereocenters. The average Bonchev–Trinajstić information content (AvgIpc) is 2.59. The van der Waals surface area contributed by atoms with Crippen LogP contribution in [0.25, 0.3) is 0 Å². The first kappa shape index (κ1) is 20.1. The Morgan fingerprint density at radius 2 is 1.58 bits per heavy atom. The molecular formula is C19H30N2O3. The number of hydrogen-bond donors (Lipinski definition) is 1. The largest absolute Gasteiger partial charge is 0.352 e. The van der Waals surface area contributed by atoms with Crippen LogP contribution < -0.4 is 5.32 Å². The van der Waals surface area contributed by atoms with E-state index in [9.17, 15) is 14.9 Å². The van der Waals surface area contributed by atoms with Crippen LogP contribution in [0.15, 0.2) is 24.3 Å². The van der Waals surface area contributed by atoms with Crippen LogP contribution in [-0.4, -0.2) is 17.4 Å². The lowest BCUT2D eigenvalue weighted by Crippen LogP contribution is -2.24. The van der Waals surface area contributed by atoms with Gasteiger partial charge in [-0.05, 0) is 12.5 Å². The topological polar surface area (TPSA) is 72.2 Å². The number of nitro benzene ring substituents is 1. The smallest absolute Gasteiger partial charge is 0.270 e. The van der Waals surface area contributed by atoms with Gasteiger partial charge >= 0.3 is 0 Å². The number of carbonyl (C=O) groups is 1. The van der Waals surface area contributed by atoms with E-state index in [0.29, 0.717) is 12.1 Å². The van der Waals surface area contributed by atoms with Crippen molar-refractivity contribution in [3.63, 3.8) is 0 Å². The Morgan fingerprint density at radius 1 is 1.00 bits per heavy atom. The number of carbonyl (C=O) groups excluding carboxylic acids is 1. The minimum absolute atomic E-state index is 0.0541. The standard InChI is InChI=1S/C19H30N2O3/c1-2-3-4-5-6-7-8-9-10-11-15-20-19(22)17-13-12-14-18(16-17)21(23)24/h12-14,16H,2-11,15H2,1H3,(H,20,22). The molecule has 0 saturated carbocycles. The van der Waals surface area contributed by atoms with Gasteiger partial charge in [-0.2, -0.15) is 0 Å². The number of unbranched alkanes of at least 4 members (excludes halogenated alkanes) is 9. The first-order valence-corrected chi connectivity index (χ1v) is 9.17. The van der Waals surface area contributed by atoms with E-state index in [-0.39, 0.29) is 11.6 Å². The molecule has 0 atom stereocenters. The van der Waals surface area contributed by atoms with Crippen molar-refractivity contribution < 1.29 is 9.72 Å². The number of nitrogens with one attached hydrogen (secondary N) is 1. The van der Waals surface area contributed by atoms with Crippen LogP contribution in [0.2, 0.25) is 0 Å². The fourth-order valence-electron chi connectivity index (χ4n) is 2.68. The number of benzene rings is 1. The van der Waals surface area contributed by atoms with Gasteiger partial charge in [0.05, 0.1) is 4.92 Å². The molecule has 0 bridgehead atoms. The van der Waals surface area contributed by atoms with Crippen LogP contribution in [0.3, 0.4) is 0 Å². The molecule has 134 valence electrons. The number of rotatable bonds is 13. The molecule has 0 aromatic heterocycles. The van der Waals surface area contributed by atoms with Crippen LogP contribution in [0, 0.1) is 10.1 Å². The van der Waals surface area contributed by atoms with E-state index in [1.54, 1.807) is 6.07 Å². The van der Waals surface area contributed by atoms with Gasteiger partial charge in [-0.3, -0.25) is 14.9 Å². The summed E-state index contributed by atoms with van der Waals surface area (Å²) in [6.07, 6.45) is 12.6. The summed E-state index contributed by atoms with van der Waals surface area (Å²) < 4.78 is 0. The van der Waals surface area contributed by atoms with Crippen molar-refractivity contribution in [2.24, 2.45) is 0 Å². The molecule has 1 rings (SSSR count). The van der Waals surface area contributed by atoms with E-state index in [2.05, 4.69) is 12.2 Å². The molecule has 0 radical (unpaired) electrons. The summed E-state index contributed by atoms with van der Waals surface area (Å²) in [4.78, 5) is 22.2. The maximum atomic E-state index is 11.9. The maximum absolute atomic E-state index is 11.9. The summed E-state index contributed by atoms with van der Waals surface area (Å²) in [5.41, 5.74) is 0.290. The highest BCUT2D eigenvalue weighted by atomic mass is 16.6. The van der Waals surface area contributed by atoms with Crippen LogP contribution >= 0.6 is 0 Å². The molecular weight excluding hydrogens is 304 g/mol. The van der Waals surface area contributed by atoms with E-state index in [1.165, 1.54) is 69.6 Å². The Bertz CT molecular complexity index is 503. The highest BCUT2D eigenvalue weighted by Crippen LogP contribution is 2.13. The van der Waals surface area contributed by atoms with Gasteiger partial charge in [0.15, 0.2) is 0 Å². The van der Waals surface area contributed by atoms with E-state index >= 15 is 0 Å². The third kappa shape index (κ3) is 8.65. The number of hydrogen-bond acceptors (Lipinski definition) is 3. The number of nitrogens with zero attached hydrogens (tertiary/aromatic N) is 1. The molecule has 0 aliphatic heterocycles. The molecule has 5 nitrogen and oxygen atoms in total. The quantitative estimate of drug-likeness (QED) is 0.304. The van der Waals surface area contributed by atoms with E-state index in [0.717, 1.165) is 12.8 Å². The van der Waals surface area contributed by atoms with E-state index in [1.807, 2.05) is 0 Å². The number of non-ortho nitro benzene ring substituents is 1.